The van der Waals surface area contributed by atoms with Crippen LogP contribution >= 0.6 is 12.4 Å². The molecule has 0 saturated carbocycles. The van der Waals surface area contributed by atoms with E-state index in [0.29, 0.717) is 12.1 Å². The summed E-state index contributed by atoms with van der Waals surface area (Å²) in [6, 6.07) is 16.2. The van der Waals surface area contributed by atoms with Crippen molar-refractivity contribution >= 4 is 24.0 Å². The highest BCUT2D eigenvalue weighted by atomic mass is 35.5. The number of hydrogen-bond donors (Lipinski definition) is 2. The number of carbonyl (C=O) groups excluding carboxylic acids is 1. The molecule has 158 valence electrons. The normalized spacial score (nSPS) is 14.3. The molecule has 1 fully saturated rings. The number of anilines is 1. The number of nitrogens with two attached hydrogens (primary N) is 1. The summed E-state index contributed by atoms with van der Waals surface area (Å²) in [6.45, 7) is 8.85. The van der Waals surface area contributed by atoms with Crippen LogP contribution in [-0.2, 0) is 6.54 Å². The van der Waals surface area contributed by atoms with Crippen molar-refractivity contribution in [2.24, 2.45) is 5.73 Å². The van der Waals surface area contributed by atoms with Crippen LogP contribution in [0.3, 0.4) is 0 Å². The lowest BCUT2D eigenvalue weighted by Crippen LogP contribution is -2.46. The quantitative estimate of drug-likeness (QED) is 0.648. The van der Waals surface area contributed by atoms with Gasteiger partial charge in [-0.3, -0.25) is 9.69 Å². The number of nitrogens with one attached hydrogen (secondary N) is 1. The molecule has 3 N–H and O–H groups in total. The van der Waals surface area contributed by atoms with Crippen LogP contribution in [0.15, 0.2) is 48.5 Å². The van der Waals surface area contributed by atoms with Gasteiger partial charge in [-0.25, -0.2) is 0 Å². The molecule has 2 aromatic rings. The Hall–Kier alpha value is -2.08. The second-order valence-electron chi connectivity index (χ2n) is 7.53. The molecule has 1 amide bonds. The van der Waals surface area contributed by atoms with Crippen LogP contribution in [0, 0.1) is 6.92 Å². The minimum absolute atomic E-state index is 0. The monoisotopic (exact) mass is 416 g/mol. The molecule has 0 atom stereocenters. The first-order chi connectivity index (χ1) is 13.7. The number of amides is 1. The summed E-state index contributed by atoms with van der Waals surface area (Å²) in [5, 5.41) is 3.01. The summed E-state index contributed by atoms with van der Waals surface area (Å²) >= 11 is 0. The largest absolute Gasteiger partial charge is 0.369 e. The third-order valence-corrected chi connectivity index (χ3v) is 5.38. The topological polar surface area (TPSA) is 61.6 Å². The molecule has 0 spiro atoms. The Morgan fingerprint density at radius 2 is 1.76 bits per heavy atom. The summed E-state index contributed by atoms with van der Waals surface area (Å²) in [6.07, 6.45) is 2.11. The van der Waals surface area contributed by atoms with E-state index < -0.39 is 0 Å². The number of hydrogen-bond acceptors (Lipinski definition) is 4. The molecule has 1 aliphatic heterocycles. The highest BCUT2D eigenvalue weighted by molar-refractivity contribution is 5.94. The van der Waals surface area contributed by atoms with Gasteiger partial charge in [0.2, 0.25) is 0 Å². The highest BCUT2D eigenvalue weighted by Gasteiger charge is 2.16. The van der Waals surface area contributed by atoms with E-state index in [1.54, 1.807) is 0 Å². The fourth-order valence-electron chi connectivity index (χ4n) is 3.61. The van der Waals surface area contributed by atoms with Gasteiger partial charge >= 0.3 is 0 Å². The molecule has 2 aromatic carbocycles. The van der Waals surface area contributed by atoms with E-state index in [-0.39, 0.29) is 18.3 Å². The van der Waals surface area contributed by atoms with Gasteiger partial charge in [-0.05, 0) is 61.7 Å². The highest BCUT2D eigenvalue weighted by Crippen LogP contribution is 2.17. The fraction of sp³-hybridized carbons (Fsp3) is 0.435. The van der Waals surface area contributed by atoms with Gasteiger partial charge in [0, 0.05) is 50.5 Å². The Balaban J connectivity index is 0.00000300. The predicted octanol–water partition coefficient (Wildman–Crippen LogP) is 3.21. The molecule has 0 aliphatic carbocycles. The summed E-state index contributed by atoms with van der Waals surface area (Å²) in [5.41, 5.74) is 9.98. The lowest BCUT2D eigenvalue weighted by atomic mass is 10.1. The van der Waals surface area contributed by atoms with E-state index >= 15 is 0 Å². The van der Waals surface area contributed by atoms with Crippen LogP contribution in [0.25, 0.3) is 0 Å². The number of unbranched alkanes of at least 4 members (excludes halogenated alkanes) is 1. The van der Waals surface area contributed by atoms with Gasteiger partial charge in [-0.15, -0.1) is 12.4 Å². The molecule has 6 heteroatoms. The van der Waals surface area contributed by atoms with Crippen LogP contribution in [0.2, 0.25) is 0 Å². The SMILES string of the molecule is Cc1cccc(N2CCN(CCCCNC(=O)c3ccc(CN)cc3)CC2)c1.Cl. The molecule has 0 radical (unpaired) electrons. The predicted molar refractivity (Wildman–Crippen MR) is 123 cm³/mol. The molecule has 0 unspecified atom stereocenters. The Labute approximate surface area is 180 Å². The number of carbonyl (C=O) groups is 1. The molecule has 0 aromatic heterocycles. The number of rotatable bonds is 8. The summed E-state index contributed by atoms with van der Waals surface area (Å²) in [4.78, 5) is 17.1. The Kier molecular flexibility index (Phi) is 9.45. The van der Waals surface area contributed by atoms with Crippen molar-refractivity contribution in [1.82, 2.24) is 10.2 Å². The molecule has 1 aliphatic rings. The fourth-order valence-corrected chi connectivity index (χ4v) is 3.61. The van der Waals surface area contributed by atoms with Crippen molar-refractivity contribution in [3.05, 3.63) is 65.2 Å². The van der Waals surface area contributed by atoms with Gasteiger partial charge < -0.3 is 16.0 Å². The molecule has 0 bridgehead atoms. The van der Waals surface area contributed by atoms with E-state index in [1.165, 1.54) is 11.3 Å². The summed E-state index contributed by atoms with van der Waals surface area (Å²) in [7, 11) is 0. The Morgan fingerprint density at radius 1 is 1.03 bits per heavy atom. The zero-order valence-corrected chi connectivity index (χ0v) is 18.1. The van der Waals surface area contributed by atoms with Crippen LogP contribution in [0.4, 0.5) is 5.69 Å². The van der Waals surface area contributed by atoms with Crippen molar-refractivity contribution in [3.63, 3.8) is 0 Å². The van der Waals surface area contributed by atoms with Crippen LogP contribution in [-0.4, -0.2) is 50.1 Å². The smallest absolute Gasteiger partial charge is 0.251 e. The number of piperazine rings is 1. The first kappa shape index (κ1) is 23.2. The van der Waals surface area contributed by atoms with Crippen molar-refractivity contribution in [2.75, 3.05) is 44.2 Å². The minimum atomic E-state index is -0.00431. The zero-order chi connectivity index (χ0) is 19.8. The molecule has 1 saturated heterocycles. The van der Waals surface area contributed by atoms with E-state index in [9.17, 15) is 4.79 Å². The maximum absolute atomic E-state index is 12.1. The zero-order valence-electron chi connectivity index (χ0n) is 17.3. The average Bonchev–Trinajstić information content (AvgIpc) is 2.74. The summed E-state index contributed by atoms with van der Waals surface area (Å²) in [5.74, 6) is -0.00431. The van der Waals surface area contributed by atoms with Gasteiger partial charge in [0.1, 0.15) is 0 Å². The van der Waals surface area contributed by atoms with Gasteiger partial charge in [0.05, 0.1) is 0 Å². The maximum Gasteiger partial charge on any atom is 0.251 e. The molecule has 29 heavy (non-hydrogen) atoms. The van der Waals surface area contributed by atoms with Crippen molar-refractivity contribution in [1.29, 1.82) is 0 Å². The van der Waals surface area contributed by atoms with Crippen molar-refractivity contribution < 1.29 is 4.79 Å². The van der Waals surface area contributed by atoms with Gasteiger partial charge in [0.15, 0.2) is 0 Å². The van der Waals surface area contributed by atoms with Crippen molar-refractivity contribution in [2.45, 2.75) is 26.3 Å². The van der Waals surface area contributed by atoms with E-state index in [4.69, 9.17) is 5.73 Å². The number of nitrogens with zero attached hydrogens (tertiary/aromatic N) is 2. The second-order valence-corrected chi connectivity index (χ2v) is 7.53. The standard InChI is InChI=1S/C23H32N4O.ClH/c1-19-5-4-6-22(17-19)27-15-13-26(14-16-27)12-3-2-11-25-23(28)21-9-7-20(18-24)8-10-21;/h4-10,17H,2-3,11-16,18,24H2,1H3,(H,25,28);1H. The van der Waals surface area contributed by atoms with Crippen molar-refractivity contribution in [3.8, 4) is 0 Å². The molecule has 1 heterocycles. The second kappa shape index (κ2) is 11.8. The minimum Gasteiger partial charge on any atom is -0.369 e. The Bertz CT molecular complexity index is 758. The molecule has 5 nitrogen and oxygen atoms in total. The molecule has 3 rings (SSSR count). The summed E-state index contributed by atoms with van der Waals surface area (Å²) < 4.78 is 0. The number of benzene rings is 2. The van der Waals surface area contributed by atoms with Crippen LogP contribution < -0.4 is 16.0 Å². The van der Waals surface area contributed by atoms with Gasteiger partial charge in [0.25, 0.3) is 5.91 Å². The number of aryl methyl sites for hydroxylation is 1. The first-order valence-electron chi connectivity index (χ1n) is 10.3. The van der Waals surface area contributed by atoms with E-state index in [0.717, 1.165) is 57.7 Å². The molecular weight excluding hydrogens is 384 g/mol. The number of halogens is 1. The van der Waals surface area contributed by atoms with E-state index in [1.807, 2.05) is 24.3 Å². The third-order valence-electron chi connectivity index (χ3n) is 5.38. The third kappa shape index (κ3) is 7.03. The van der Waals surface area contributed by atoms with Gasteiger partial charge in [-0.2, -0.15) is 0 Å². The maximum atomic E-state index is 12.1. The Morgan fingerprint density at radius 3 is 2.41 bits per heavy atom. The lowest BCUT2D eigenvalue weighted by molar-refractivity contribution is 0.0952. The van der Waals surface area contributed by atoms with Gasteiger partial charge in [-0.1, -0.05) is 24.3 Å². The molecular formula is C23H33ClN4O. The van der Waals surface area contributed by atoms with E-state index in [2.05, 4.69) is 46.3 Å². The first-order valence-corrected chi connectivity index (χ1v) is 10.3. The lowest BCUT2D eigenvalue weighted by Gasteiger charge is -2.36. The average molecular weight is 417 g/mol. The van der Waals surface area contributed by atoms with Crippen LogP contribution in [0.5, 0.6) is 0 Å². The van der Waals surface area contributed by atoms with Crippen LogP contribution in [0.1, 0.15) is 34.3 Å².